The highest BCUT2D eigenvalue weighted by Crippen LogP contribution is 2.04. The van der Waals surface area contributed by atoms with E-state index >= 15 is 0 Å². The summed E-state index contributed by atoms with van der Waals surface area (Å²) in [5, 5.41) is 2.81. The van der Waals surface area contributed by atoms with E-state index in [0.29, 0.717) is 13.0 Å². The van der Waals surface area contributed by atoms with Gasteiger partial charge in [0.25, 0.3) is 0 Å². The van der Waals surface area contributed by atoms with E-state index in [-0.39, 0.29) is 5.91 Å². The smallest absolute Gasteiger partial charge is 0.219 e. The molecular formula is C11H23N2O. The van der Waals surface area contributed by atoms with E-state index in [1.807, 2.05) is 0 Å². The Morgan fingerprint density at radius 3 is 2.43 bits per heavy atom. The van der Waals surface area contributed by atoms with Crippen molar-refractivity contribution >= 4 is 5.91 Å². The minimum Gasteiger partial charge on any atom is -0.356 e. The molecule has 0 aliphatic rings. The molecule has 0 bridgehead atoms. The predicted octanol–water partition coefficient (Wildman–Crippen LogP) is 1.63. The lowest BCUT2D eigenvalue weighted by Gasteiger charge is -2.03. The fourth-order valence-corrected chi connectivity index (χ4v) is 1.28. The van der Waals surface area contributed by atoms with Crippen LogP contribution in [0.25, 0.3) is 0 Å². The molecular weight excluding hydrogens is 176 g/mol. The Bertz CT molecular complexity index is 137. The third kappa shape index (κ3) is 9.52. The molecule has 0 spiro atoms. The fourth-order valence-electron chi connectivity index (χ4n) is 1.28. The maximum absolute atomic E-state index is 11.1. The highest BCUT2D eigenvalue weighted by molar-refractivity contribution is 5.75. The summed E-state index contributed by atoms with van der Waals surface area (Å²) in [7, 11) is 0. The van der Waals surface area contributed by atoms with Gasteiger partial charge in [-0.3, -0.25) is 4.79 Å². The van der Waals surface area contributed by atoms with Gasteiger partial charge < -0.3 is 11.1 Å². The molecule has 3 heteroatoms. The van der Waals surface area contributed by atoms with Crippen molar-refractivity contribution in [2.24, 2.45) is 5.73 Å². The van der Waals surface area contributed by atoms with Crippen LogP contribution in [0.5, 0.6) is 0 Å². The van der Waals surface area contributed by atoms with Crippen molar-refractivity contribution in [1.29, 1.82) is 0 Å². The van der Waals surface area contributed by atoms with Crippen LogP contribution >= 0.6 is 0 Å². The molecule has 1 amide bonds. The number of unbranched alkanes of at least 4 members (excludes halogenated alkanes) is 4. The molecule has 83 valence electrons. The standard InChI is InChI=1S/C11H23N2O/c1-2-10-13-11(14)8-6-4-3-5-7-9-12/h1-10,12H2,(H,13,14). The number of amides is 1. The number of rotatable bonds is 9. The zero-order valence-electron chi connectivity index (χ0n) is 9.06. The Morgan fingerprint density at radius 2 is 1.79 bits per heavy atom. The maximum atomic E-state index is 11.1. The van der Waals surface area contributed by atoms with Crippen molar-refractivity contribution in [3.63, 3.8) is 0 Å². The van der Waals surface area contributed by atoms with Crippen molar-refractivity contribution in [3.05, 3.63) is 6.92 Å². The molecule has 0 saturated carbocycles. The van der Waals surface area contributed by atoms with Gasteiger partial charge in [-0.05, 0) is 25.8 Å². The van der Waals surface area contributed by atoms with Gasteiger partial charge >= 0.3 is 0 Å². The predicted molar refractivity (Wildman–Crippen MR) is 59.7 cm³/mol. The van der Waals surface area contributed by atoms with Gasteiger partial charge in [-0.1, -0.05) is 26.2 Å². The summed E-state index contributed by atoms with van der Waals surface area (Å²) in [5.41, 5.74) is 5.38. The van der Waals surface area contributed by atoms with Crippen molar-refractivity contribution in [2.45, 2.75) is 44.9 Å². The molecule has 0 rings (SSSR count). The van der Waals surface area contributed by atoms with E-state index in [0.717, 1.165) is 32.2 Å². The van der Waals surface area contributed by atoms with Gasteiger partial charge in [-0.25, -0.2) is 0 Å². The van der Waals surface area contributed by atoms with Crippen LogP contribution in [-0.4, -0.2) is 19.0 Å². The normalized spacial score (nSPS) is 10.1. The van der Waals surface area contributed by atoms with Crippen LogP contribution in [0.2, 0.25) is 0 Å². The largest absolute Gasteiger partial charge is 0.356 e. The molecule has 0 unspecified atom stereocenters. The van der Waals surface area contributed by atoms with Gasteiger partial charge in [0.1, 0.15) is 0 Å². The number of nitrogens with two attached hydrogens (primary N) is 1. The average Bonchev–Trinajstić information content (AvgIpc) is 2.20. The van der Waals surface area contributed by atoms with Crippen molar-refractivity contribution < 1.29 is 4.79 Å². The van der Waals surface area contributed by atoms with E-state index in [1.54, 1.807) is 0 Å². The Balaban J connectivity index is 3.07. The molecule has 0 saturated heterocycles. The Morgan fingerprint density at radius 1 is 1.14 bits per heavy atom. The monoisotopic (exact) mass is 199 g/mol. The van der Waals surface area contributed by atoms with E-state index in [9.17, 15) is 4.79 Å². The van der Waals surface area contributed by atoms with E-state index in [2.05, 4.69) is 12.2 Å². The molecule has 0 aliphatic carbocycles. The van der Waals surface area contributed by atoms with Gasteiger partial charge in [-0.2, -0.15) is 0 Å². The topological polar surface area (TPSA) is 55.1 Å². The molecule has 0 heterocycles. The van der Waals surface area contributed by atoms with Crippen LogP contribution < -0.4 is 11.1 Å². The van der Waals surface area contributed by atoms with Crippen LogP contribution in [-0.2, 0) is 4.79 Å². The number of nitrogens with one attached hydrogen (secondary N) is 1. The van der Waals surface area contributed by atoms with E-state index in [1.165, 1.54) is 12.8 Å². The molecule has 3 N–H and O–H groups in total. The second-order valence-corrected chi connectivity index (χ2v) is 3.51. The first-order valence-corrected chi connectivity index (χ1v) is 5.57. The van der Waals surface area contributed by atoms with Crippen LogP contribution in [0.1, 0.15) is 44.9 Å². The molecule has 0 aromatic rings. The molecule has 1 radical (unpaired) electrons. The van der Waals surface area contributed by atoms with Gasteiger partial charge in [-0.15, -0.1) is 0 Å². The first-order chi connectivity index (χ1) is 6.81. The van der Waals surface area contributed by atoms with Crippen molar-refractivity contribution in [2.75, 3.05) is 13.1 Å². The number of hydrogen-bond acceptors (Lipinski definition) is 2. The number of carbonyl (C=O) groups excluding carboxylic acids is 1. The molecule has 3 nitrogen and oxygen atoms in total. The third-order valence-electron chi connectivity index (χ3n) is 2.11. The van der Waals surface area contributed by atoms with E-state index in [4.69, 9.17) is 5.73 Å². The molecule has 0 atom stereocenters. The maximum Gasteiger partial charge on any atom is 0.219 e. The summed E-state index contributed by atoms with van der Waals surface area (Å²) in [6.07, 6.45) is 7.04. The number of hydrogen-bond donors (Lipinski definition) is 2. The quantitative estimate of drug-likeness (QED) is 0.554. The molecule has 14 heavy (non-hydrogen) atoms. The summed E-state index contributed by atoms with van der Waals surface area (Å²) in [4.78, 5) is 11.1. The zero-order chi connectivity index (χ0) is 10.6. The van der Waals surface area contributed by atoms with Gasteiger partial charge in [0.15, 0.2) is 0 Å². The first-order valence-electron chi connectivity index (χ1n) is 5.57. The van der Waals surface area contributed by atoms with Gasteiger partial charge in [0.05, 0.1) is 0 Å². The van der Waals surface area contributed by atoms with Crippen LogP contribution in [0.4, 0.5) is 0 Å². The van der Waals surface area contributed by atoms with Gasteiger partial charge in [0, 0.05) is 13.0 Å². The molecule has 0 aromatic heterocycles. The van der Waals surface area contributed by atoms with Crippen LogP contribution in [0.15, 0.2) is 0 Å². The second-order valence-electron chi connectivity index (χ2n) is 3.51. The van der Waals surface area contributed by atoms with Gasteiger partial charge in [0.2, 0.25) is 5.91 Å². The number of carbonyl (C=O) groups is 1. The molecule has 0 aromatic carbocycles. The highest BCUT2D eigenvalue weighted by Gasteiger charge is 1.98. The van der Waals surface area contributed by atoms with Crippen molar-refractivity contribution in [1.82, 2.24) is 5.32 Å². The molecule has 0 aliphatic heterocycles. The lowest BCUT2D eigenvalue weighted by Crippen LogP contribution is -2.23. The highest BCUT2D eigenvalue weighted by atomic mass is 16.1. The van der Waals surface area contributed by atoms with Crippen molar-refractivity contribution in [3.8, 4) is 0 Å². The third-order valence-corrected chi connectivity index (χ3v) is 2.11. The average molecular weight is 199 g/mol. The summed E-state index contributed by atoms with van der Waals surface area (Å²) in [6.45, 7) is 5.14. The lowest BCUT2D eigenvalue weighted by atomic mass is 10.1. The Kier molecular flexibility index (Phi) is 10.1. The Hall–Kier alpha value is -0.570. The van der Waals surface area contributed by atoms with E-state index < -0.39 is 0 Å². The summed E-state index contributed by atoms with van der Waals surface area (Å²) in [5.74, 6) is 0.160. The minimum absolute atomic E-state index is 0.160. The zero-order valence-corrected chi connectivity index (χ0v) is 9.06. The minimum atomic E-state index is 0.160. The summed E-state index contributed by atoms with van der Waals surface area (Å²) in [6, 6.07) is 0. The first kappa shape index (κ1) is 13.4. The van der Waals surface area contributed by atoms with Crippen LogP contribution in [0.3, 0.4) is 0 Å². The Labute approximate surface area is 87.4 Å². The second kappa shape index (κ2) is 10.5. The fraction of sp³-hybridized carbons (Fsp3) is 0.818. The molecule has 0 fully saturated rings. The SMILES string of the molecule is [CH2]CCNC(=O)CCCCCCCN. The summed E-state index contributed by atoms with van der Waals surface area (Å²) < 4.78 is 0. The van der Waals surface area contributed by atoms with Crippen LogP contribution in [0, 0.1) is 6.92 Å². The lowest BCUT2D eigenvalue weighted by molar-refractivity contribution is -0.121. The summed E-state index contributed by atoms with van der Waals surface area (Å²) >= 11 is 0.